The van der Waals surface area contributed by atoms with Crippen molar-refractivity contribution < 1.29 is 48.0 Å². The summed E-state index contributed by atoms with van der Waals surface area (Å²) < 4.78 is 30.7. The van der Waals surface area contributed by atoms with Crippen molar-refractivity contribution in [2.45, 2.75) is 105 Å². The van der Waals surface area contributed by atoms with Crippen molar-refractivity contribution in [3.63, 3.8) is 0 Å². The molecule has 10 nitrogen and oxygen atoms in total. The highest BCUT2D eigenvalue weighted by atomic mass is 16.6. The van der Waals surface area contributed by atoms with E-state index in [9.17, 15) is 24.3 Å². The van der Waals surface area contributed by atoms with Gasteiger partial charge in [0.1, 0.15) is 18.3 Å². The van der Waals surface area contributed by atoms with Gasteiger partial charge in [0.05, 0.1) is 24.2 Å². The molecule has 262 valence electrons. The minimum absolute atomic E-state index is 0.0572. The van der Waals surface area contributed by atoms with Crippen molar-refractivity contribution in [2.75, 3.05) is 13.2 Å². The molecule has 0 amide bonds. The minimum Gasteiger partial charge on any atom is -0.462 e. The number of benzene rings is 1. The molecule has 2 saturated carbocycles. The van der Waals surface area contributed by atoms with Crippen molar-refractivity contribution in [1.29, 1.82) is 0 Å². The zero-order valence-electron chi connectivity index (χ0n) is 29.3. The molecule has 3 aliphatic carbocycles. The maximum absolute atomic E-state index is 13.1. The van der Waals surface area contributed by atoms with Crippen LogP contribution in [0.25, 0.3) is 0 Å². The predicted molar refractivity (Wildman–Crippen MR) is 175 cm³/mol. The van der Waals surface area contributed by atoms with Gasteiger partial charge in [-0.25, -0.2) is 0 Å². The third kappa shape index (κ3) is 5.78. The smallest absolute Gasteiger partial charge is 0.303 e. The molecule has 0 radical (unpaired) electrons. The van der Waals surface area contributed by atoms with E-state index in [1.807, 2.05) is 56.3 Å². The normalized spacial score (nSPS) is 39.2. The molecule has 2 fully saturated rings. The molecule has 48 heavy (non-hydrogen) atoms. The number of ether oxygens (including phenoxy) is 5. The van der Waals surface area contributed by atoms with E-state index >= 15 is 0 Å². The molecule has 4 unspecified atom stereocenters. The van der Waals surface area contributed by atoms with Crippen LogP contribution in [0.3, 0.4) is 0 Å². The van der Waals surface area contributed by atoms with Crippen LogP contribution >= 0.6 is 0 Å². The van der Waals surface area contributed by atoms with Crippen LogP contribution in [-0.2, 0) is 49.3 Å². The predicted octanol–water partition coefficient (Wildman–Crippen LogP) is 4.91. The molecule has 1 aromatic carbocycles. The van der Waals surface area contributed by atoms with Crippen molar-refractivity contribution in [3.8, 4) is 0 Å². The third-order valence-electron chi connectivity index (χ3n) is 12.0. The highest BCUT2D eigenvalue weighted by molar-refractivity contribution is 5.68. The van der Waals surface area contributed by atoms with Crippen LogP contribution in [0.2, 0.25) is 0 Å². The molecule has 1 aromatic rings. The first kappa shape index (κ1) is 35.8. The molecule has 1 heterocycles. The van der Waals surface area contributed by atoms with E-state index in [0.29, 0.717) is 24.8 Å². The number of carbonyl (C=O) groups is 4. The van der Waals surface area contributed by atoms with Gasteiger partial charge in [-0.05, 0) is 55.2 Å². The second kappa shape index (κ2) is 13.1. The first-order chi connectivity index (χ1) is 22.5. The average molecular weight is 667 g/mol. The fourth-order valence-corrected chi connectivity index (χ4v) is 10.4. The van der Waals surface area contributed by atoms with Crippen molar-refractivity contribution in [2.24, 2.45) is 34.0 Å². The van der Waals surface area contributed by atoms with Gasteiger partial charge >= 0.3 is 23.9 Å². The van der Waals surface area contributed by atoms with Crippen LogP contribution in [0.1, 0.15) is 73.8 Å². The maximum atomic E-state index is 13.1. The molecule has 4 aliphatic rings. The van der Waals surface area contributed by atoms with Gasteiger partial charge in [-0.1, -0.05) is 56.3 Å². The van der Waals surface area contributed by atoms with Gasteiger partial charge in [-0.3, -0.25) is 19.2 Å². The molecule has 0 saturated heterocycles. The zero-order chi connectivity index (χ0) is 35.2. The van der Waals surface area contributed by atoms with Crippen LogP contribution in [0.4, 0.5) is 0 Å². The van der Waals surface area contributed by atoms with E-state index in [4.69, 9.17) is 23.7 Å². The largest absolute Gasteiger partial charge is 0.462 e. The molecule has 1 aliphatic heterocycles. The summed E-state index contributed by atoms with van der Waals surface area (Å²) in [4.78, 5) is 51.4. The summed E-state index contributed by atoms with van der Waals surface area (Å²) in [5.41, 5.74) is -2.60. The van der Waals surface area contributed by atoms with Gasteiger partial charge in [-0.15, -0.1) is 0 Å². The van der Waals surface area contributed by atoms with Crippen LogP contribution in [0.15, 0.2) is 54.1 Å². The number of hydrogen-bond acceptors (Lipinski definition) is 10. The Bertz CT molecular complexity index is 1490. The van der Waals surface area contributed by atoms with Gasteiger partial charge < -0.3 is 28.8 Å². The summed E-state index contributed by atoms with van der Waals surface area (Å²) in [6.07, 6.45) is 3.44. The SMILES string of the molecule is CC(=O)O[C@H]1C2[C@@](C)(CCC3C(O)(Cc4ccccc4)C(C)=C[C@@H](OC(C)=O)[C@@]32C)C2C=CCOC[C@]2([C@@H](C)OC(C)=O)[C@H]1OC(C)=O. The zero-order valence-corrected chi connectivity index (χ0v) is 29.3. The lowest BCUT2D eigenvalue weighted by atomic mass is 9.35. The Kier molecular flexibility index (Phi) is 9.76. The Hall–Kier alpha value is -3.50. The van der Waals surface area contributed by atoms with Gasteiger partial charge in [0.15, 0.2) is 6.10 Å². The molecule has 0 aromatic heterocycles. The first-order valence-electron chi connectivity index (χ1n) is 16.9. The lowest BCUT2D eigenvalue weighted by molar-refractivity contribution is -0.304. The number of rotatable bonds is 7. The van der Waals surface area contributed by atoms with Crippen LogP contribution in [0.5, 0.6) is 0 Å². The lowest BCUT2D eigenvalue weighted by Gasteiger charge is -2.71. The first-order valence-corrected chi connectivity index (χ1v) is 16.9. The van der Waals surface area contributed by atoms with Gasteiger partial charge in [0.25, 0.3) is 0 Å². The number of esters is 4. The fraction of sp³-hybridized carbons (Fsp3) is 0.632. The highest BCUT2D eigenvalue weighted by Gasteiger charge is 2.76. The second-order valence-corrected chi connectivity index (χ2v) is 14.8. The van der Waals surface area contributed by atoms with Gasteiger partial charge in [0.2, 0.25) is 0 Å². The summed E-state index contributed by atoms with van der Waals surface area (Å²) in [7, 11) is 0. The van der Waals surface area contributed by atoms with E-state index in [0.717, 1.165) is 5.56 Å². The maximum Gasteiger partial charge on any atom is 0.303 e. The summed E-state index contributed by atoms with van der Waals surface area (Å²) in [6.45, 7) is 13.4. The molecule has 5 rings (SSSR count). The van der Waals surface area contributed by atoms with Crippen LogP contribution < -0.4 is 0 Å². The molecule has 0 bridgehead atoms. The summed E-state index contributed by atoms with van der Waals surface area (Å²) in [5.74, 6) is -3.66. The van der Waals surface area contributed by atoms with E-state index in [1.165, 1.54) is 27.7 Å². The van der Waals surface area contributed by atoms with Gasteiger partial charge in [-0.2, -0.15) is 0 Å². The van der Waals surface area contributed by atoms with Crippen molar-refractivity contribution >= 4 is 23.9 Å². The van der Waals surface area contributed by atoms with Crippen LogP contribution in [0, 0.1) is 34.0 Å². The molecular formula is C38H50O10. The minimum atomic E-state index is -1.34. The Morgan fingerprint density at radius 1 is 0.958 bits per heavy atom. The molecular weight excluding hydrogens is 616 g/mol. The molecule has 10 heteroatoms. The lowest BCUT2D eigenvalue weighted by Crippen LogP contribution is -2.76. The van der Waals surface area contributed by atoms with E-state index in [-0.39, 0.29) is 13.2 Å². The Labute approximate surface area is 283 Å². The molecule has 1 N–H and O–H groups in total. The molecule has 0 spiro atoms. The number of hydrogen-bond donors (Lipinski definition) is 1. The van der Waals surface area contributed by atoms with E-state index in [2.05, 4.69) is 13.0 Å². The van der Waals surface area contributed by atoms with Gasteiger partial charge in [0, 0.05) is 51.4 Å². The Morgan fingerprint density at radius 3 is 2.21 bits per heavy atom. The van der Waals surface area contributed by atoms with E-state index < -0.39 is 87.9 Å². The van der Waals surface area contributed by atoms with Crippen LogP contribution in [-0.4, -0.2) is 72.2 Å². The van der Waals surface area contributed by atoms with Crippen molar-refractivity contribution in [3.05, 3.63) is 59.7 Å². The number of carbonyl (C=O) groups excluding carboxylic acids is 4. The second-order valence-electron chi connectivity index (χ2n) is 14.8. The van der Waals surface area contributed by atoms with E-state index in [1.54, 1.807) is 6.92 Å². The number of fused-ring (bicyclic) bond motifs is 5. The average Bonchev–Trinajstić information content (AvgIpc) is 3.22. The quantitative estimate of drug-likeness (QED) is 0.243. The Balaban J connectivity index is 1.81. The number of allylic oxidation sites excluding steroid dienone is 1. The summed E-state index contributed by atoms with van der Waals surface area (Å²) in [5, 5.41) is 12.9. The number of aliphatic hydroxyl groups is 1. The Morgan fingerprint density at radius 2 is 1.60 bits per heavy atom. The third-order valence-corrected chi connectivity index (χ3v) is 12.0. The monoisotopic (exact) mass is 666 g/mol. The van der Waals surface area contributed by atoms with Crippen molar-refractivity contribution in [1.82, 2.24) is 0 Å². The molecule has 11 atom stereocenters. The fourth-order valence-electron chi connectivity index (χ4n) is 10.4. The standard InChI is InChI=1S/C38H50O10/c1-22-19-31(46-25(4)40)36(8)30(38(22,43)20-28-13-10-9-11-14-28)16-17-35(7)29-15-12-18-44-21-37(29,23(2)45-24(3)39)34(48-27(6)42)32(33(35)36)47-26(5)41/h9-15,19,23,29-34,43H,16-18,20-21H2,1-8H3/t23-,29?,30?,31-,32+,33?,34+,35+,36-,37-,38?/m1/s1. The summed E-state index contributed by atoms with van der Waals surface area (Å²) >= 11 is 0. The topological polar surface area (TPSA) is 135 Å². The highest BCUT2D eigenvalue weighted by Crippen LogP contribution is 2.71. The summed E-state index contributed by atoms with van der Waals surface area (Å²) in [6, 6.07) is 9.76.